The molecule has 8 nitrogen and oxygen atoms in total. The number of unbranched alkanes of at least 4 members (excludes halogenated alkanes) is 50. The van der Waals surface area contributed by atoms with Crippen molar-refractivity contribution in [2.45, 2.75) is 398 Å². The van der Waals surface area contributed by atoms with E-state index in [1.54, 1.807) is 6.08 Å². The third-order valence-electron chi connectivity index (χ3n) is 17.9. The summed E-state index contributed by atoms with van der Waals surface area (Å²) < 4.78 is 23.8. The van der Waals surface area contributed by atoms with E-state index >= 15 is 0 Å². The number of nitrogens with one attached hydrogen (secondary N) is 1. The van der Waals surface area contributed by atoms with Crippen LogP contribution in [0.2, 0.25) is 0 Å². The van der Waals surface area contributed by atoms with E-state index in [0.717, 1.165) is 64.2 Å². The second kappa shape index (κ2) is 71.2. The molecule has 0 heterocycles. The van der Waals surface area contributed by atoms with Crippen molar-refractivity contribution < 1.29 is 32.9 Å². The van der Waals surface area contributed by atoms with Crippen molar-refractivity contribution in [3.8, 4) is 0 Å². The highest BCUT2D eigenvalue weighted by atomic mass is 31.2. The maximum Gasteiger partial charge on any atom is 0.472 e. The number of phosphoric acid groups is 1. The molecule has 0 aromatic heterocycles. The zero-order valence-electron chi connectivity index (χ0n) is 60.6. The second-order valence-corrected chi connectivity index (χ2v) is 29.5. The first-order valence-electron chi connectivity index (χ1n) is 39.3. The maximum atomic E-state index is 13.1. The van der Waals surface area contributed by atoms with Gasteiger partial charge in [-0.05, 0) is 70.6 Å². The van der Waals surface area contributed by atoms with E-state index in [4.69, 9.17) is 9.05 Å². The number of phosphoric ester groups is 1. The number of quaternary nitrogens is 1. The Morgan fingerprint density at radius 1 is 0.389 bits per heavy atom. The van der Waals surface area contributed by atoms with Crippen LogP contribution in [0.1, 0.15) is 386 Å². The fourth-order valence-corrected chi connectivity index (χ4v) is 12.6. The van der Waals surface area contributed by atoms with Gasteiger partial charge in [-0.2, -0.15) is 0 Å². The van der Waals surface area contributed by atoms with Crippen molar-refractivity contribution in [3.63, 3.8) is 0 Å². The molecule has 0 saturated carbocycles. The summed E-state index contributed by atoms with van der Waals surface area (Å²) in [5.74, 6) is -0.179. The first-order chi connectivity index (χ1) is 44.0. The highest BCUT2D eigenvalue weighted by Crippen LogP contribution is 2.43. The van der Waals surface area contributed by atoms with Gasteiger partial charge in [0.05, 0.1) is 39.9 Å². The minimum atomic E-state index is -4.36. The summed E-state index contributed by atoms with van der Waals surface area (Å²) in [5.41, 5.74) is 0. The van der Waals surface area contributed by atoms with Crippen LogP contribution in [0, 0.1) is 0 Å². The number of aliphatic hydroxyl groups excluding tert-OH is 1. The molecular weight excluding hydrogens is 1130 g/mol. The summed E-state index contributed by atoms with van der Waals surface area (Å²) in [4.78, 5) is 23.5. The van der Waals surface area contributed by atoms with E-state index in [1.165, 1.54) is 302 Å². The van der Waals surface area contributed by atoms with Gasteiger partial charge in [-0.3, -0.25) is 13.8 Å². The standard InChI is InChI=1S/C81H153N2O6P/c1-6-8-10-12-14-16-18-20-22-24-26-28-30-32-34-35-36-37-38-39-40-41-42-43-44-45-46-47-49-51-53-55-57-59-61-63-65-67-69-71-73-75-81(85)82-79(78-89-90(86,87)88-77-76-83(3,4)5)80(84)74-72-70-68-66-64-62-60-58-56-54-52-50-48-33-31-29-27-25-23-21-19-17-15-13-11-9-7-2/h8,10,14,16,20,22,26,28,64,66,72,74,79-80,84H,6-7,9,11-13,15,17-19,21,23-25,27,29-63,65,67-71,73,75-78H2,1-5H3,(H-,82,85,86,87)/p+1/b10-8-,16-14-,22-20-,28-26-,66-64+,74-72+. The molecule has 3 N–H and O–H groups in total. The van der Waals surface area contributed by atoms with Crippen molar-refractivity contribution in [3.05, 3.63) is 72.9 Å². The number of carbonyl (C=O) groups excluding carboxylic acids is 1. The Bertz CT molecular complexity index is 1700. The molecule has 0 aliphatic rings. The number of carbonyl (C=O) groups is 1. The topological polar surface area (TPSA) is 105 Å². The first-order valence-corrected chi connectivity index (χ1v) is 40.8. The van der Waals surface area contributed by atoms with E-state index in [-0.39, 0.29) is 19.1 Å². The summed E-state index contributed by atoms with van der Waals surface area (Å²) in [6.45, 7) is 4.74. The number of nitrogens with zero attached hydrogens (tertiary/aromatic N) is 1. The lowest BCUT2D eigenvalue weighted by molar-refractivity contribution is -0.870. The van der Waals surface area contributed by atoms with Crippen molar-refractivity contribution >= 4 is 13.7 Å². The largest absolute Gasteiger partial charge is 0.472 e. The number of aliphatic hydroxyl groups is 1. The molecule has 0 aromatic carbocycles. The molecule has 3 atom stereocenters. The number of likely N-dealkylation sites (N-methyl/N-ethyl adjacent to an activating group) is 1. The summed E-state index contributed by atoms with van der Waals surface area (Å²) in [5, 5.41) is 14.0. The van der Waals surface area contributed by atoms with Gasteiger partial charge >= 0.3 is 7.82 Å². The van der Waals surface area contributed by atoms with E-state index in [1.807, 2.05) is 27.2 Å². The molecule has 0 radical (unpaired) electrons. The third kappa shape index (κ3) is 73.4. The molecule has 0 spiro atoms. The van der Waals surface area contributed by atoms with Crippen LogP contribution in [0.25, 0.3) is 0 Å². The SMILES string of the molecule is CC/C=C\C/C=C\C/C=C\C/C=C\CCCCCCCCCCCCCCCCCCCCCCCCCCCCCCC(=O)NC(COP(=O)(O)OCC[N+](C)(C)C)C(O)/C=C/CC/C=C/CCCCCCCCCCCCCCCCCCCCCCC. The molecule has 0 aliphatic heterocycles. The Kier molecular flexibility index (Phi) is 69.6. The zero-order valence-corrected chi connectivity index (χ0v) is 61.5. The van der Waals surface area contributed by atoms with E-state index < -0.39 is 20.0 Å². The molecule has 0 fully saturated rings. The van der Waals surface area contributed by atoms with Gasteiger partial charge in [0.25, 0.3) is 0 Å². The smallest absolute Gasteiger partial charge is 0.387 e. The fraction of sp³-hybridized carbons (Fsp3) is 0.840. The molecule has 0 rings (SSSR count). The lowest BCUT2D eigenvalue weighted by Crippen LogP contribution is -2.45. The monoisotopic (exact) mass is 1280 g/mol. The summed E-state index contributed by atoms with van der Waals surface area (Å²) >= 11 is 0. The normalized spacial score (nSPS) is 13.9. The van der Waals surface area contributed by atoms with Crippen molar-refractivity contribution in [2.24, 2.45) is 0 Å². The Balaban J connectivity index is 3.94. The molecular formula is C81H154N2O6P+. The number of rotatable bonds is 73. The van der Waals surface area contributed by atoms with Gasteiger partial charge in [-0.1, -0.05) is 382 Å². The van der Waals surface area contributed by atoms with Crippen LogP contribution in [0.5, 0.6) is 0 Å². The van der Waals surface area contributed by atoms with Gasteiger partial charge in [0, 0.05) is 6.42 Å². The molecule has 1 amide bonds. The minimum absolute atomic E-state index is 0.0571. The Hall–Kier alpha value is -2.06. The van der Waals surface area contributed by atoms with Crippen LogP contribution >= 0.6 is 7.82 Å². The van der Waals surface area contributed by atoms with Crippen LogP contribution in [-0.4, -0.2) is 73.4 Å². The van der Waals surface area contributed by atoms with Gasteiger partial charge in [0.15, 0.2) is 0 Å². The number of amides is 1. The second-order valence-electron chi connectivity index (χ2n) is 28.1. The average Bonchev–Trinajstić information content (AvgIpc) is 3.09. The third-order valence-corrected chi connectivity index (χ3v) is 18.9. The Labute approximate surface area is 561 Å². The van der Waals surface area contributed by atoms with E-state index in [2.05, 4.69) is 79.9 Å². The minimum Gasteiger partial charge on any atom is -0.387 e. The predicted molar refractivity (Wildman–Crippen MR) is 397 cm³/mol. The molecule has 9 heteroatoms. The molecule has 0 bridgehead atoms. The Morgan fingerprint density at radius 2 is 0.678 bits per heavy atom. The van der Waals surface area contributed by atoms with E-state index in [9.17, 15) is 19.4 Å². The average molecular weight is 1280 g/mol. The van der Waals surface area contributed by atoms with Crippen molar-refractivity contribution in [1.82, 2.24) is 5.32 Å². The summed E-state index contributed by atoms with van der Waals surface area (Å²) in [6.07, 6.45) is 101. The van der Waals surface area contributed by atoms with Gasteiger partial charge in [0.2, 0.25) is 5.91 Å². The van der Waals surface area contributed by atoms with Crippen LogP contribution in [0.15, 0.2) is 72.9 Å². The van der Waals surface area contributed by atoms with Gasteiger partial charge < -0.3 is 19.8 Å². The van der Waals surface area contributed by atoms with Crippen molar-refractivity contribution in [1.29, 1.82) is 0 Å². The lowest BCUT2D eigenvalue weighted by Gasteiger charge is -2.25. The zero-order chi connectivity index (χ0) is 65.5. The molecule has 0 saturated heterocycles. The number of hydrogen-bond acceptors (Lipinski definition) is 5. The van der Waals surface area contributed by atoms with E-state index in [0.29, 0.717) is 17.4 Å². The van der Waals surface area contributed by atoms with Crippen LogP contribution in [0.4, 0.5) is 0 Å². The van der Waals surface area contributed by atoms with Crippen LogP contribution in [-0.2, 0) is 18.4 Å². The molecule has 0 aromatic rings. The van der Waals surface area contributed by atoms with Gasteiger partial charge in [-0.15, -0.1) is 0 Å². The summed E-state index contributed by atoms with van der Waals surface area (Å²) in [6, 6.07) is -0.865. The molecule has 528 valence electrons. The molecule has 3 unspecified atom stereocenters. The Morgan fingerprint density at radius 3 is 1.02 bits per heavy atom. The van der Waals surface area contributed by atoms with Crippen LogP contribution < -0.4 is 5.32 Å². The molecule has 0 aliphatic carbocycles. The quantitative estimate of drug-likeness (QED) is 0.0243. The van der Waals surface area contributed by atoms with Gasteiger partial charge in [-0.25, -0.2) is 4.57 Å². The fourth-order valence-electron chi connectivity index (χ4n) is 11.9. The maximum absolute atomic E-state index is 13.1. The lowest BCUT2D eigenvalue weighted by atomic mass is 10.0. The highest BCUT2D eigenvalue weighted by Gasteiger charge is 2.28. The predicted octanol–water partition coefficient (Wildman–Crippen LogP) is 25.7. The number of allylic oxidation sites excluding steroid dienone is 11. The van der Waals surface area contributed by atoms with Gasteiger partial charge in [0.1, 0.15) is 13.2 Å². The van der Waals surface area contributed by atoms with Crippen LogP contribution in [0.3, 0.4) is 0 Å². The summed E-state index contributed by atoms with van der Waals surface area (Å²) in [7, 11) is 1.57. The highest BCUT2D eigenvalue weighted by molar-refractivity contribution is 7.47. The van der Waals surface area contributed by atoms with Crippen molar-refractivity contribution in [2.75, 3.05) is 40.9 Å². The number of hydrogen-bond donors (Lipinski definition) is 3. The first kappa shape index (κ1) is 87.9. The molecule has 90 heavy (non-hydrogen) atoms.